The minimum absolute atomic E-state index is 0.452. The number of benzene rings is 1. The Labute approximate surface area is 123 Å². The van der Waals surface area contributed by atoms with Gasteiger partial charge in [-0.2, -0.15) is 0 Å². The molecule has 3 rings (SSSR count). The SMILES string of the molecule is CC(C)c1cccc2c1OCCc1sc(CCN)nc1-2. The van der Waals surface area contributed by atoms with Gasteiger partial charge in [0.1, 0.15) is 5.75 Å². The number of thiazole rings is 1. The monoisotopic (exact) mass is 288 g/mol. The Balaban J connectivity index is 2.14. The summed E-state index contributed by atoms with van der Waals surface area (Å²) in [5.74, 6) is 1.47. The molecule has 0 amide bonds. The first-order valence-electron chi connectivity index (χ1n) is 7.15. The summed E-state index contributed by atoms with van der Waals surface area (Å²) < 4.78 is 6.02. The summed E-state index contributed by atoms with van der Waals surface area (Å²) in [6.45, 7) is 5.78. The van der Waals surface area contributed by atoms with Crippen molar-refractivity contribution in [3.8, 4) is 17.0 Å². The molecule has 2 heterocycles. The number of fused-ring (bicyclic) bond motifs is 3. The summed E-state index contributed by atoms with van der Waals surface area (Å²) in [5.41, 5.74) is 9.16. The topological polar surface area (TPSA) is 48.1 Å². The number of hydrogen-bond acceptors (Lipinski definition) is 4. The van der Waals surface area contributed by atoms with Crippen molar-refractivity contribution in [3.63, 3.8) is 0 Å². The number of nitrogens with two attached hydrogens (primary N) is 1. The minimum Gasteiger partial charge on any atom is -0.492 e. The Morgan fingerprint density at radius 2 is 2.25 bits per heavy atom. The van der Waals surface area contributed by atoms with Gasteiger partial charge in [-0.05, 0) is 24.1 Å². The van der Waals surface area contributed by atoms with Crippen LogP contribution in [0, 0.1) is 0 Å². The van der Waals surface area contributed by atoms with Crippen LogP contribution in [0.1, 0.15) is 35.2 Å². The molecule has 0 saturated heterocycles. The van der Waals surface area contributed by atoms with E-state index < -0.39 is 0 Å². The van der Waals surface area contributed by atoms with Gasteiger partial charge in [-0.25, -0.2) is 4.98 Å². The van der Waals surface area contributed by atoms with Crippen molar-refractivity contribution in [1.82, 2.24) is 4.98 Å². The predicted molar refractivity (Wildman–Crippen MR) is 83.6 cm³/mol. The first kappa shape index (κ1) is 13.6. The summed E-state index contributed by atoms with van der Waals surface area (Å²) in [4.78, 5) is 6.13. The second-order valence-corrected chi connectivity index (χ2v) is 6.56. The zero-order chi connectivity index (χ0) is 14.1. The lowest BCUT2D eigenvalue weighted by atomic mass is 9.97. The Kier molecular flexibility index (Phi) is 3.76. The van der Waals surface area contributed by atoms with E-state index in [1.807, 2.05) is 0 Å². The lowest BCUT2D eigenvalue weighted by Gasteiger charge is -2.15. The molecule has 2 N–H and O–H groups in total. The van der Waals surface area contributed by atoms with Crippen LogP contribution in [0.3, 0.4) is 0 Å². The van der Waals surface area contributed by atoms with Gasteiger partial charge < -0.3 is 10.5 Å². The number of hydrogen-bond donors (Lipinski definition) is 1. The molecule has 0 atom stereocenters. The van der Waals surface area contributed by atoms with Crippen LogP contribution in [0.2, 0.25) is 0 Å². The van der Waals surface area contributed by atoms with Crippen LogP contribution >= 0.6 is 11.3 Å². The second-order valence-electron chi connectivity index (χ2n) is 5.40. The van der Waals surface area contributed by atoms with Crippen LogP contribution in [-0.2, 0) is 12.8 Å². The molecule has 0 spiro atoms. The summed E-state index contributed by atoms with van der Waals surface area (Å²) in [7, 11) is 0. The summed E-state index contributed by atoms with van der Waals surface area (Å²) in [5, 5.41) is 1.14. The molecule has 1 aliphatic heterocycles. The summed E-state index contributed by atoms with van der Waals surface area (Å²) in [6.07, 6.45) is 1.79. The number of para-hydroxylation sites is 1. The van der Waals surface area contributed by atoms with Gasteiger partial charge in [0.15, 0.2) is 0 Å². The van der Waals surface area contributed by atoms with E-state index in [-0.39, 0.29) is 0 Å². The number of aromatic nitrogens is 1. The molecule has 1 aliphatic rings. The summed E-state index contributed by atoms with van der Waals surface area (Å²) >= 11 is 1.78. The van der Waals surface area contributed by atoms with Crippen LogP contribution in [0.5, 0.6) is 5.75 Å². The van der Waals surface area contributed by atoms with E-state index in [2.05, 4.69) is 32.0 Å². The van der Waals surface area contributed by atoms with Gasteiger partial charge in [0, 0.05) is 23.3 Å². The maximum Gasteiger partial charge on any atom is 0.132 e. The molecule has 4 heteroatoms. The third-order valence-corrected chi connectivity index (χ3v) is 4.77. The van der Waals surface area contributed by atoms with Gasteiger partial charge in [-0.15, -0.1) is 11.3 Å². The first-order valence-corrected chi connectivity index (χ1v) is 7.97. The van der Waals surface area contributed by atoms with Gasteiger partial charge in [0.25, 0.3) is 0 Å². The van der Waals surface area contributed by atoms with Crippen molar-refractivity contribution < 1.29 is 4.74 Å². The highest BCUT2D eigenvalue weighted by molar-refractivity contribution is 7.12. The Bertz CT molecular complexity index is 619. The van der Waals surface area contributed by atoms with Crippen LogP contribution < -0.4 is 10.5 Å². The fourth-order valence-electron chi connectivity index (χ4n) is 2.61. The normalized spacial score (nSPS) is 13.6. The highest BCUT2D eigenvalue weighted by Gasteiger charge is 2.22. The zero-order valence-electron chi connectivity index (χ0n) is 12.0. The van der Waals surface area contributed by atoms with Crippen molar-refractivity contribution in [2.45, 2.75) is 32.6 Å². The zero-order valence-corrected chi connectivity index (χ0v) is 12.8. The van der Waals surface area contributed by atoms with Gasteiger partial charge in [-0.3, -0.25) is 0 Å². The van der Waals surface area contributed by atoms with E-state index in [0.717, 1.165) is 41.5 Å². The second kappa shape index (κ2) is 5.54. The van der Waals surface area contributed by atoms with E-state index in [4.69, 9.17) is 15.5 Å². The lowest BCUT2D eigenvalue weighted by molar-refractivity contribution is 0.322. The van der Waals surface area contributed by atoms with Gasteiger partial charge in [-0.1, -0.05) is 26.0 Å². The number of rotatable bonds is 3. The lowest BCUT2D eigenvalue weighted by Crippen LogP contribution is -2.03. The maximum atomic E-state index is 6.02. The standard InChI is InChI=1S/C16H20N2OS/c1-10(2)11-4-3-5-12-15-13(7-9-19-16(11)12)20-14(18-15)6-8-17/h3-5,10H,6-9,17H2,1-2H3. The van der Waals surface area contributed by atoms with E-state index in [9.17, 15) is 0 Å². The van der Waals surface area contributed by atoms with E-state index in [1.165, 1.54) is 10.4 Å². The molecule has 0 fully saturated rings. The van der Waals surface area contributed by atoms with Crippen molar-refractivity contribution in [2.24, 2.45) is 5.73 Å². The van der Waals surface area contributed by atoms with Crippen molar-refractivity contribution in [1.29, 1.82) is 0 Å². The molecule has 3 nitrogen and oxygen atoms in total. The predicted octanol–water partition coefficient (Wildman–Crippen LogP) is 3.37. The molecule has 106 valence electrons. The molecule has 1 aromatic carbocycles. The molecule has 0 aliphatic carbocycles. The average Bonchev–Trinajstić information content (AvgIpc) is 2.74. The van der Waals surface area contributed by atoms with Gasteiger partial charge in [0.05, 0.1) is 17.3 Å². The first-order chi connectivity index (χ1) is 9.70. The van der Waals surface area contributed by atoms with Gasteiger partial charge in [0.2, 0.25) is 0 Å². The van der Waals surface area contributed by atoms with E-state index in [0.29, 0.717) is 12.5 Å². The quantitative estimate of drug-likeness (QED) is 0.942. The Morgan fingerprint density at radius 1 is 1.40 bits per heavy atom. The Morgan fingerprint density at radius 3 is 3.00 bits per heavy atom. The Hall–Kier alpha value is -1.39. The third kappa shape index (κ3) is 2.34. The average molecular weight is 288 g/mol. The largest absolute Gasteiger partial charge is 0.492 e. The molecule has 0 radical (unpaired) electrons. The van der Waals surface area contributed by atoms with Crippen molar-refractivity contribution >= 4 is 11.3 Å². The highest BCUT2D eigenvalue weighted by Crippen LogP contribution is 2.41. The third-order valence-electron chi connectivity index (χ3n) is 3.60. The van der Waals surface area contributed by atoms with Gasteiger partial charge >= 0.3 is 0 Å². The molecular weight excluding hydrogens is 268 g/mol. The maximum absolute atomic E-state index is 6.02. The number of nitrogens with zero attached hydrogens (tertiary/aromatic N) is 1. The molecule has 20 heavy (non-hydrogen) atoms. The fraction of sp³-hybridized carbons (Fsp3) is 0.438. The van der Waals surface area contributed by atoms with Crippen LogP contribution in [0.15, 0.2) is 18.2 Å². The smallest absolute Gasteiger partial charge is 0.132 e. The molecular formula is C16H20N2OS. The van der Waals surface area contributed by atoms with Crippen LogP contribution in [-0.4, -0.2) is 18.1 Å². The molecule has 0 unspecified atom stereocenters. The van der Waals surface area contributed by atoms with E-state index >= 15 is 0 Å². The molecule has 2 aromatic rings. The van der Waals surface area contributed by atoms with Crippen LogP contribution in [0.4, 0.5) is 0 Å². The minimum atomic E-state index is 0.452. The fourth-order valence-corrected chi connectivity index (χ4v) is 3.69. The van der Waals surface area contributed by atoms with Crippen LogP contribution in [0.25, 0.3) is 11.3 Å². The molecule has 1 aromatic heterocycles. The molecule has 0 bridgehead atoms. The summed E-state index contributed by atoms with van der Waals surface area (Å²) in [6, 6.07) is 6.38. The number of ether oxygens (including phenoxy) is 1. The van der Waals surface area contributed by atoms with Crippen molar-refractivity contribution in [2.75, 3.05) is 13.2 Å². The van der Waals surface area contributed by atoms with Crippen molar-refractivity contribution in [3.05, 3.63) is 33.6 Å². The highest BCUT2D eigenvalue weighted by atomic mass is 32.1. The molecule has 0 saturated carbocycles. The van der Waals surface area contributed by atoms with E-state index in [1.54, 1.807) is 11.3 Å².